The second-order valence-corrected chi connectivity index (χ2v) is 4.56. The first-order valence-corrected chi connectivity index (χ1v) is 6.38. The van der Waals surface area contributed by atoms with E-state index in [2.05, 4.69) is 0 Å². The van der Waals surface area contributed by atoms with Gasteiger partial charge >= 0.3 is 0 Å². The van der Waals surface area contributed by atoms with E-state index < -0.39 is 0 Å². The molecule has 0 bridgehead atoms. The minimum absolute atomic E-state index is 0.0636. The van der Waals surface area contributed by atoms with Gasteiger partial charge in [0.05, 0.1) is 12.1 Å². The topological polar surface area (TPSA) is 68.3 Å². The molecule has 5 heteroatoms. The van der Waals surface area contributed by atoms with Crippen LogP contribution in [0, 0.1) is 5.41 Å². The van der Waals surface area contributed by atoms with Crippen LogP contribution >= 0.6 is 11.6 Å². The molecule has 0 aliphatic heterocycles. The number of para-hydroxylation sites is 1. The van der Waals surface area contributed by atoms with E-state index in [9.17, 15) is 0 Å². The van der Waals surface area contributed by atoms with E-state index in [1.165, 1.54) is 0 Å². The molecular weight excluding hydrogens is 276 g/mol. The number of rotatable bonds is 5. The maximum absolute atomic E-state index is 7.37. The molecule has 0 spiro atoms. The molecule has 0 heterocycles. The Bertz CT molecular complexity index is 629. The van der Waals surface area contributed by atoms with Crippen molar-refractivity contribution < 1.29 is 9.47 Å². The maximum atomic E-state index is 7.37. The predicted octanol–water partition coefficient (Wildman–Crippen LogP) is 3.21. The molecule has 0 radical (unpaired) electrons. The fourth-order valence-electron chi connectivity index (χ4n) is 1.79. The molecule has 0 aliphatic carbocycles. The molecule has 104 valence electrons. The number of nitrogens with one attached hydrogen (secondary N) is 1. The number of amidine groups is 1. The molecule has 2 rings (SSSR count). The van der Waals surface area contributed by atoms with Gasteiger partial charge in [0, 0.05) is 11.1 Å². The first-order chi connectivity index (χ1) is 9.61. The van der Waals surface area contributed by atoms with Crippen LogP contribution in [0.4, 0.5) is 0 Å². The lowest BCUT2D eigenvalue weighted by Gasteiger charge is -2.11. The zero-order chi connectivity index (χ0) is 14.5. The van der Waals surface area contributed by atoms with Crippen LogP contribution in [0.1, 0.15) is 11.1 Å². The van der Waals surface area contributed by atoms with Gasteiger partial charge in [0.25, 0.3) is 0 Å². The van der Waals surface area contributed by atoms with Crippen LogP contribution in [0.5, 0.6) is 11.5 Å². The first kappa shape index (κ1) is 14.2. The average Bonchev–Trinajstić information content (AvgIpc) is 2.45. The van der Waals surface area contributed by atoms with Crippen LogP contribution in [0.2, 0.25) is 5.02 Å². The fourth-order valence-corrected chi connectivity index (χ4v) is 2.06. The van der Waals surface area contributed by atoms with Crippen LogP contribution < -0.4 is 15.2 Å². The number of methoxy groups -OCH3 is 1. The summed E-state index contributed by atoms with van der Waals surface area (Å²) in [6.07, 6.45) is 0. The Labute approximate surface area is 122 Å². The predicted molar refractivity (Wildman–Crippen MR) is 79.8 cm³/mol. The van der Waals surface area contributed by atoms with Crippen LogP contribution in [-0.4, -0.2) is 12.9 Å². The minimum Gasteiger partial charge on any atom is -0.496 e. The molecule has 2 aromatic carbocycles. The summed E-state index contributed by atoms with van der Waals surface area (Å²) in [4.78, 5) is 0. The average molecular weight is 291 g/mol. The van der Waals surface area contributed by atoms with E-state index in [0.29, 0.717) is 22.9 Å². The maximum Gasteiger partial charge on any atom is 0.125 e. The van der Waals surface area contributed by atoms with Gasteiger partial charge in [-0.2, -0.15) is 0 Å². The SMILES string of the molecule is COc1ccccc1COc1ccc(C(=N)N)c(Cl)c1. The summed E-state index contributed by atoms with van der Waals surface area (Å²) in [6, 6.07) is 12.7. The highest BCUT2D eigenvalue weighted by atomic mass is 35.5. The Morgan fingerprint density at radius 2 is 2.00 bits per heavy atom. The number of nitrogen functional groups attached to an aromatic ring is 1. The standard InChI is InChI=1S/C15H15ClN2O2/c1-19-14-5-3-2-4-10(14)9-20-11-6-7-12(15(17)18)13(16)8-11/h2-8H,9H2,1H3,(H3,17,18). The van der Waals surface area contributed by atoms with Crippen molar-refractivity contribution >= 4 is 17.4 Å². The molecule has 0 amide bonds. The van der Waals surface area contributed by atoms with Gasteiger partial charge in [0.15, 0.2) is 0 Å². The highest BCUT2D eigenvalue weighted by Crippen LogP contribution is 2.24. The van der Waals surface area contributed by atoms with Crippen molar-refractivity contribution in [1.29, 1.82) is 5.41 Å². The lowest BCUT2D eigenvalue weighted by Crippen LogP contribution is -2.11. The number of halogens is 1. The summed E-state index contributed by atoms with van der Waals surface area (Å²) in [5.41, 5.74) is 6.85. The van der Waals surface area contributed by atoms with E-state index in [-0.39, 0.29) is 5.84 Å². The molecule has 4 nitrogen and oxygen atoms in total. The van der Waals surface area contributed by atoms with Gasteiger partial charge in [-0.3, -0.25) is 5.41 Å². The lowest BCUT2D eigenvalue weighted by atomic mass is 10.2. The molecule has 0 unspecified atom stereocenters. The number of ether oxygens (including phenoxy) is 2. The second kappa shape index (κ2) is 6.30. The third kappa shape index (κ3) is 3.22. The van der Waals surface area contributed by atoms with Crippen molar-refractivity contribution in [1.82, 2.24) is 0 Å². The third-order valence-electron chi connectivity index (χ3n) is 2.82. The van der Waals surface area contributed by atoms with Crippen LogP contribution in [0.3, 0.4) is 0 Å². The molecule has 0 fully saturated rings. The smallest absolute Gasteiger partial charge is 0.125 e. The summed E-state index contributed by atoms with van der Waals surface area (Å²) >= 11 is 6.04. The van der Waals surface area contributed by atoms with Crippen molar-refractivity contribution in [3.05, 3.63) is 58.6 Å². The molecule has 3 N–H and O–H groups in total. The molecule has 0 saturated carbocycles. The first-order valence-electron chi connectivity index (χ1n) is 6.00. The monoisotopic (exact) mass is 290 g/mol. The van der Waals surface area contributed by atoms with E-state index >= 15 is 0 Å². The van der Waals surface area contributed by atoms with E-state index in [4.69, 9.17) is 32.2 Å². The zero-order valence-corrected chi connectivity index (χ0v) is 11.8. The van der Waals surface area contributed by atoms with Crippen LogP contribution in [0.15, 0.2) is 42.5 Å². The van der Waals surface area contributed by atoms with Crippen LogP contribution in [-0.2, 0) is 6.61 Å². The van der Waals surface area contributed by atoms with Gasteiger partial charge in [-0.05, 0) is 24.3 Å². The van der Waals surface area contributed by atoms with Gasteiger partial charge in [0.2, 0.25) is 0 Å². The van der Waals surface area contributed by atoms with Gasteiger partial charge in [-0.15, -0.1) is 0 Å². The van der Waals surface area contributed by atoms with E-state index in [0.717, 1.165) is 11.3 Å². The number of hydrogen-bond donors (Lipinski definition) is 2. The molecule has 0 saturated heterocycles. The third-order valence-corrected chi connectivity index (χ3v) is 3.13. The molecule has 0 aromatic heterocycles. The van der Waals surface area contributed by atoms with Crippen molar-refractivity contribution in [2.24, 2.45) is 5.73 Å². The fraction of sp³-hybridized carbons (Fsp3) is 0.133. The summed E-state index contributed by atoms with van der Waals surface area (Å²) in [7, 11) is 1.62. The Morgan fingerprint density at radius 3 is 2.65 bits per heavy atom. The Hall–Kier alpha value is -2.20. The summed E-state index contributed by atoms with van der Waals surface area (Å²) < 4.78 is 10.9. The van der Waals surface area contributed by atoms with Gasteiger partial charge in [-0.25, -0.2) is 0 Å². The second-order valence-electron chi connectivity index (χ2n) is 4.16. The highest BCUT2D eigenvalue weighted by Gasteiger charge is 2.07. The zero-order valence-electron chi connectivity index (χ0n) is 11.0. The van der Waals surface area contributed by atoms with Gasteiger partial charge < -0.3 is 15.2 Å². The van der Waals surface area contributed by atoms with E-state index in [1.807, 2.05) is 24.3 Å². The quantitative estimate of drug-likeness (QED) is 0.656. The van der Waals surface area contributed by atoms with Crippen LogP contribution in [0.25, 0.3) is 0 Å². The molecular formula is C15H15ClN2O2. The summed E-state index contributed by atoms with van der Waals surface area (Å²) in [6.45, 7) is 0.375. The molecule has 0 aliphatic rings. The Kier molecular flexibility index (Phi) is 4.48. The van der Waals surface area contributed by atoms with E-state index in [1.54, 1.807) is 25.3 Å². The summed E-state index contributed by atoms with van der Waals surface area (Å²) in [5, 5.41) is 7.77. The number of hydrogen-bond acceptors (Lipinski definition) is 3. The largest absolute Gasteiger partial charge is 0.496 e. The van der Waals surface area contributed by atoms with Gasteiger partial charge in [0.1, 0.15) is 23.9 Å². The Balaban J connectivity index is 2.11. The highest BCUT2D eigenvalue weighted by molar-refractivity contribution is 6.34. The normalized spacial score (nSPS) is 10.1. The van der Waals surface area contributed by atoms with Gasteiger partial charge in [-0.1, -0.05) is 29.8 Å². The van der Waals surface area contributed by atoms with Crippen molar-refractivity contribution in [3.8, 4) is 11.5 Å². The lowest BCUT2D eigenvalue weighted by molar-refractivity contribution is 0.296. The van der Waals surface area contributed by atoms with Crippen molar-refractivity contribution in [2.45, 2.75) is 6.61 Å². The number of benzene rings is 2. The Morgan fingerprint density at radius 1 is 1.25 bits per heavy atom. The van der Waals surface area contributed by atoms with Crippen molar-refractivity contribution in [3.63, 3.8) is 0 Å². The number of nitrogens with two attached hydrogens (primary N) is 1. The minimum atomic E-state index is -0.0636. The molecule has 20 heavy (non-hydrogen) atoms. The van der Waals surface area contributed by atoms with Crippen molar-refractivity contribution in [2.75, 3.05) is 7.11 Å². The summed E-state index contributed by atoms with van der Waals surface area (Å²) in [5.74, 6) is 1.33. The molecule has 0 atom stereocenters. The molecule has 2 aromatic rings.